The monoisotopic (exact) mass is 356 g/mol. The number of rotatable bonds is 6. The van der Waals surface area contributed by atoms with Gasteiger partial charge in [0.15, 0.2) is 0 Å². The van der Waals surface area contributed by atoms with Crippen LogP contribution >= 0.6 is 11.6 Å². The van der Waals surface area contributed by atoms with Crippen LogP contribution in [0.3, 0.4) is 0 Å². The summed E-state index contributed by atoms with van der Waals surface area (Å²) in [5.41, 5.74) is 2.07. The Hall–Kier alpha value is -2.00. The number of halogens is 1. The second-order valence-electron chi connectivity index (χ2n) is 7.21. The lowest BCUT2D eigenvalue weighted by atomic mass is 9.64. The minimum atomic E-state index is -0.740. The van der Waals surface area contributed by atoms with Crippen molar-refractivity contribution in [3.8, 4) is 16.9 Å². The van der Waals surface area contributed by atoms with E-state index in [9.17, 15) is 9.90 Å². The van der Waals surface area contributed by atoms with Gasteiger partial charge in [-0.05, 0) is 67.0 Å². The Kier molecular flexibility index (Phi) is 4.20. The second kappa shape index (κ2) is 6.38. The molecule has 0 saturated heterocycles. The number of hydrogen-bond acceptors (Lipinski definition) is 2. The van der Waals surface area contributed by atoms with Gasteiger partial charge < -0.3 is 9.84 Å². The van der Waals surface area contributed by atoms with Gasteiger partial charge in [-0.15, -0.1) is 0 Å². The van der Waals surface area contributed by atoms with Gasteiger partial charge >= 0.3 is 5.97 Å². The normalized spacial score (nSPS) is 18.4. The van der Waals surface area contributed by atoms with E-state index >= 15 is 0 Å². The van der Waals surface area contributed by atoms with Crippen molar-refractivity contribution in [3.63, 3.8) is 0 Å². The highest BCUT2D eigenvalue weighted by molar-refractivity contribution is 6.30. The van der Waals surface area contributed by atoms with Crippen LogP contribution < -0.4 is 4.74 Å². The van der Waals surface area contributed by atoms with E-state index < -0.39 is 11.4 Å². The van der Waals surface area contributed by atoms with E-state index in [2.05, 4.69) is 0 Å². The zero-order valence-electron chi connectivity index (χ0n) is 14.0. The Morgan fingerprint density at radius 1 is 1.16 bits per heavy atom. The van der Waals surface area contributed by atoms with E-state index in [1.165, 1.54) is 12.8 Å². The molecule has 2 aliphatic carbocycles. The van der Waals surface area contributed by atoms with Crippen LogP contribution in [0.25, 0.3) is 11.1 Å². The Balaban J connectivity index is 1.74. The van der Waals surface area contributed by atoms with E-state index in [1.54, 1.807) is 0 Å². The molecule has 0 unspecified atom stereocenters. The Labute approximate surface area is 152 Å². The average Bonchev–Trinajstić information content (AvgIpc) is 3.37. The maximum atomic E-state index is 11.9. The topological polar surface area (TPSA) is 46.5 Å². The van der Waals surface area contributed by atoms with Crippen molar-refractivity contribution in [1.29, 1.82) is 0 Å². The van der Waals surface area contributed by atoms with E-state index in [1.807, 2.05) is 42.5 Å². The van der Waals surface area contributed by atoms with Crippen molar-refractivity contribution in [2.75, 3.05) is 6.61 Å². The summed E-state index contributed by atoms with van der Waals surface area (Å²) in [6.07, 6.45) is 4.82. The molecular weight excluding hydrogens is 336 g/mol. The molecule has 2 aliphatic rings. The van der Waals surface area contributed by atoms with Gasteiger partial charge in [0.05, 0.1) is 12.0 Å². The maximum absolute atomic E-state index is 11.9. The zero-order chi connectivity index (χ0) is 17.4. The summed E-state index contributed by atoms with van der Waals surface area (Å²) in [5.74, 6) is 0.750. The minimum absolute atomic E-state index is 0.662. The molecule has 2 aromatic carbocycles. The highest BCUT2D eigenvalue weighted by Gasteiger charge is 2.46. The van der Waals surface area contributed by atoms with Crippen molar-refractivity contribution >= 4 is 17.6 Å². The SMILES string of the molecule is O=C(O)C1(c2ccc(OCC3CC3)c(-c3ccc(Cl)cc3)c2)CCC1. The van der Waals surface area contributed by atoms with Crippen molar-refractivity contribution < 1.29 is 14.6 Å². The van der Waals surface area contributed by atoms with Crippen LogP contribution in [0.2, 0.25) is 5.02 Å². The first-order chi connectivity index (χ1) is 12.1. The molecular formula is C21H21ClO3. The molecule has 0 aliphatic heterocycles. The number of carboxylic acids is 1. The fraction of sp³-hybridized carbons (Fsp3) is 0.381. The summed E-state index contributed by atoms with van der Waals surface area (Å²) in [7, 11) is 0. The number of hydrogen-bond donors (Lipinski definition) is 1. The van der Waals surface area contributed by atoms with Crippen LogP contribution in [0.4, 0.5) is 0 Å². The van der Waals surface area contributed by atoms with Crippen LogP contribution in [0.5, 0.6) is 5.75 Å². The van der Waals surface area contributed by atoms with E-state index in [0.717, 1.165) is 35.5 Å². The molecule has 3 nitrogen and oxygen atoms in total. The first kappa shape index (κ1) is 16.5. The molecule has 2 fully saturated rings. The lowest BCUT2D eigenvalue weighted by molar-refractivity contribution is -0.147. The van der Waals surface area contributed by atoms with Gasteiger partial charge in [0.2, 0.25) is 0 Å². The van der Waals surface area contributed by atoms with Crippen LogP contribution in [0.1, 0.15) is 37.7 Å². The summed E-state index contributed by atoms with van der Waals surface area (Å²) >= 11 is 6.02. The number of carbonyl (C=O) groups is 1. The standard InChI is InChI=1S/C21H21ClO3/c22-17-7-4-15(5-8-17)18-12-16(21(20(23)24)10-1-11-21)6-9-19(18)25-13-14-2-3-14/h4-9,12,14H,1-3,10-11,13H2,(H,23,24). The van der Waals surface area contributed by atoms with Gasteiger partial charge in [-0.2, -0.15) is 0 Å². The fourth-order valence-corrected chi connectivity index (χ4v) is 3.58. The smallest absolute Gasteiger partial charge is 0.314 e. The van der Waals surface area contributed by atoms with Crippen LogP contribution in [-0.4, -0.2) is 17.7 Å². The molecule has 2 aromatic rings. The van der Waals surface area contributed by atoms with Crippen molar-refractivity contribution in [2.45, 2.75) is 37.5 Å². The first-order valence-corrected chi connectivity index (χ1v) is 9.23. The van der Waals surface area contributed by atoms with Crippen LogP contribution in [0, 0.1) is 5.92 Å². The average molecular weight is 357 g/mol. The van der Waals surface area contributed by atoms with Crippen LogP contribution in [0.15, 0.2) is 42.5 Å². The molecule has 0 aromatic heterocycles. The lowest BCUT2D eigenvalue weighted by Crippen LogP contribution is -2.42. The summed E-state index contributed by atoms with van der Waals surface area (Å²) < 4.78 is 6.05. The predicted octanol–water partition coefficient (Wildman–Crippen LogP) is 5.30. The summed E-state index contributed by atoms with van der Waals surface area (Å²) in [5, 5.41) is 10.4. The van der Waals surface area contributed by atoms with E-state index in [0.29, 0.717) is 23.8 Å². The molecule has 2 saturated carbocycles. The molecule has 25 heavy (non-hydrogen) atoms. The van der Waals surface area contributed by atoms with Crippen LogP contribution in [-0.2, 0) is 10.2 Å². The van der Waals surface area contributed by atoms with Gasteiger partial charge in [0.25, 0.3) is 0 Å². The van der Waals surface area contributed by atoms with Gasteiger partial charge in [-0.25, -0.2) is 0 Å². The minimum Gasteiger partial charge on any atom is -0.493 e. The Morgan fingerprint density at radius 2 is 1.88 bits per heavy atom. The van der Waals surface area contributed by atoms with Gasteiger partial charge in [-0.1, -0.05) is 36.2 Å². The summed E-state index contributed by atoms with van der Waals surface area (Å²) in [4.78, 5) is 11.9. The third-order valence-corrected chi connectivity index (χ3v) is 5.73. The van der Waals surface area contributed by atoms with Gasteiger partial charge in [-0.3, -0.25) is 4.79 Å². The molecule has 0 amide bonds. The molecule has 130 valence electrons. The molecule has 0 atom stereocenters. The predicted molar refractivity (Wildman–Crippen MR) is 98.3 cm³/mol. The first-order valence-electron chi connectivity index (χ1n) is 8.85. The molecule has 0 radical (unpaired) electrons. The number of carboxylic acid groups (broad SMARTS) is 1. The maximum Gasteiger partial charge on any atom is 0.314 e. The quantitative estimate of drug-likeness (QED) is 0.763. The second-order valence-corrected chi connectivity index (χ2v) is 7.65. The highest BCUT2D eigenvalue weighted by Crippen LogP contribution is 2.46. The molecule has 0 spiro atoms. The van der Waals surface area contributed by atoms with E-state index in [4.69, 9.17) is 16.3 Å². The van der Waals surface area contributed by atoms with E-state index in [-0.39, 0.29) is 0 Å². The lowest BCUT2D eigenvalue weighted by Gasteiger charge is -2.38. The summed E-state index contributed by atoms with van der Waals surface area (Å²) in [6, 6.07) is 13.5. The molecule has 0 heterocycles. The van der Waals surface area contributed by atoms with Gasteiger partial charge in [0, 0.05) is 10.6 Å². The third-order valence-electron chi connectivity index (χ3n) is 5.48. The molecule has 1 N–H and O–H groups in total. The Morgan fingerprint density at radius 3 is 2.44 bits per heavy atom. The number of ether oxygens (including phenoxy) is 1. The number of aliphatic carboxylic acids is 1. The largest absolute Gasteiger partial charge is 0.493 e. The summed E-state index contributed by atoms with van der Waals surface area (Å²) in [6.45, 7) is 0.726. The molecule has 0 bridgehead atoms. The Bertz CT molecular complexity index is 789. The number of benzene rings is 2. The zero-order valence-corrected chi connectivity index (χ0v) is 14.8. The molecule has 4 rings (SSSR count). The van der Waals surface area contributed by atoms with Crippen molar-refractivity contribution in [2.24, 2.45) is 5.92 Å². The van der Waals surface area contributed by atoms with Crippen molar-refractivity contribution in [1.82, 2.24) is 0 Å². The van der Waals surface area contributed by atoms with Crippen molar-refractivity contribution in [3.05, 3.63) is 53.1 Å². The highest BCUT2D eigenvalue weighted by atomic mass is 35.5. The molecule has 4 heteroatoms. The fourth-order valence-electron chi connectivity index (χ4n) is 3.46. The third kappa shape index (κ3) is 3.13. The van der Waals surface area contributed by atoms with Gasteiger partial charge in [0.1, 0.15) is 5.75 Å².